The molecule has 1 aliphatic heterocycles. The zero-order valence-electron chi connectivity index (χ0n) is 21.9. The maximum atomic E-state index is 14.0. The average Bonchev–Trinajstić information content (AvgIpc) is 3.60. The number of hydrogen-bond donors (Lipinski definition) is 1. The standard InChI is InChI=1S/C31H26F2N4O2S/c1-18-7-10-40-27(18)29(38)37(19(2)21-12-23(32)14-24(33)13-21)9-4-5-20-11-22-15-31(16-26(22)35-17-20)25-6-3-8-34-28(25)36-30(31)39/h3-8,10-14,17,19H,9,15-16H2,1-2H3,(H,34,36,39)/b5-4+/t19-,31+/m1/s1. The molecule has 2 atom stereocenters. The van der Waals surface area contributed by atoms with Gasteiger partial charge in [0.1, 0.15) is 17.5 Å². The van der Waals surface area contributed by atoms with E-state index in [1.54, 1.807) is 24.2 Å². The van der Waals surface area contributed by atoms with Gasteiger partial charge in [0, 0.05) is 42.7 Å². The summed E-state index contributed by atoms with van der Waals surface area (Å²) in [6, 6.07) is 10.4. The first-order chi connectivity index (χ1) is 19.2. The molecule has 40 heavy (non-hydrogen) atoms. The molecule has 0 radical (unpaired) electrons. The Balaban J connectivity index is 1.25. The van der Waals surface area contributed by atoms with Gasteiger partial charge in [-0.3, -0.25) is 14.6 Å². The number of hydrogen-bond acceptors (Lipinski definition) is 5. The molecule has 1 aliphatic carbocycles. The molecule has 3 aromatic heterocycles. The van der Waals surface area contributed by atoms with Crippen LogP contribution in [0.5, 0.6) is 0 Å². The number of nitrogens with one attached hydrogen (secondary N) is 1. The zero-order chi connectivity index (χ0) is 28.0. The molecule has 0 saturated carbocycles. The van der Waals surface area contributed by atoms with Gasteiger partial charge < -0.3 is 10.2 Å². The zero-order valence-corrected chi connectivity index (χ0v) is 22.8. The van der Waals surface area contributed by atoms with E-state index in [0.29, 0.717) is 29.1 Å². The van der Waals surface area contributed by atoms with Crippen molar-refractivity contribution in [3.8, 4) is 0 Å². The lowest BCUT2D eigenvalue weighted by Crippen LogP contribution is -2.35. The van der Waals surface area contributed by atoms with E-state index < -0.39 is 23.1 Å². The third-order valence-electron chi connectivity index (χ3n) is 7.80. The van der Waals surface area contributed by atoms with Crippen molar-refractivity contribution in [3.05, 3.63) is 116 Å². The Bertz CT molecular complexity index is 1660. The molecule has 0 fully saturated rings. The first-order valence-corrected chi connectivity index (χ1v) is 13.9. The molecule has 2 aliphatic rings. The van der Waals surface area contributed by atoms with Crippen LogP contribution in [-0.2, 0) is 23.1 Å². The van der Waals surface area contributed by atoms with E-state index in [9.17, 15) is 18.4 Å². The third-order valence-corrected chi connectivity index (χ3v) is 8.80. The summed E-state index contributed by atoms with van der Waals surface area (Å²) in [7, 11) is 0. The topological polar surface area (TPSA) is 75.2 Å². The summed E-state index contributed by atoms with van der Waals surface area (Å²) in [4.78, 5) is 37.7. The summed E-state index contributed by atoms with van der Waals surface area (Å²) < 4.78 is 28.0. The number of anilines is 1. The Hall–Kier alpha value is -4.24. The number of pyridine rings is 2. The molecule has 4 heterocycles. The van der Waals surface area contributed by atoms with E-state index in [1.807, 2.05) is 48.7 Å². The van der Waals surface area contributed by atoms with Crippen LogP contribution in [0.3, 0.4) is 0 Å². The maximum Gasteiger partial charge on any atom is 0.264 e. The molecular formula is C31H26F2N4O2S. The van der Waals surface area contributed by atoms with Crippen LogP contribution in [0.4, 0.5) is 14.6 Å². The van der Waals surface area contributed by atoms with Crippen LogP contribution >= 0.6 is 11.3 Å². The number of amides is 2. The molecule has 0 saturated heterocycles. The monoisotopic (exact) mass is 556 g/mol. The van der Waals surface area contributed by atoms with Crippen LogP contribution < -0.4 is 5.32 Å². The van der Waals surface area contributed by atoms with Crippen molar-refractivity contribution in [1.29, 1.82) is 0 Å². The lowest BCUT2D eigenvalue weighted by molar-refractivity contribution is -0.120. The van der Waals surface area contributed by atoms with Gasteiger partial charge in [0.15, 0.2) is 0 Å². The van der Waals surface area contributed by atoms with Crippen LogP contribution in [0.25, 0.3) is 6.08 Å². The maximum absolute atomic E-state index is 14.0. The second kappa shape index (κ2) is 10.1. The summed E-state index contributed by atoms with van der Waals surface area (Å²) in [5.74, 6) is -1.03. The number of thiophene rings is 1. The number of nitrogens with zero attached hydrogens (tertiary/aromatic N) is 3. The highest BCUT2D eigenvalue weighted by Gasteiger charge is 2.51. The lowest BCUT2D eigenvalue weighted by atomic mass is 9.80. The summed E-state index contributed by atoms with van der Waals surface area (Å²) in [5.41, 5.74) is 4.16. The van der Waals surface area contributed by atoms with Crippen LogP contribution in [-0.4, -0.2) is 33.2 Å². The second-order valence-electron chi connectivity index (χ2n) is 10.3. The number of benzene rings is 1. The minimum atomic E-state index is -0.696. The van der Waals surface area contributed by atoms with E-state index in [4.69, 9.17) is 0 Å². The number of rotatable bonds is 6. The predicted molar refractivity (Wildman–Crippen MR) is 150 cm³/mol. The van der Waals surface area contributed by atoms with Gasteiger partial charge in [-0.25, -0.2) is 13.8 Å². The third kappa shape index (κ3) is 4.50. The van der Waals surface area contributed by atoms with Crippen LogP contribution in [0.1, 0.15) is 56.1 Å². The SMILES string of the molecule is Cc1ccsc1C(=O)N(C/C=C/c1cnc2c(c1)C[C@@]1(C2)C(=O)Nc2ncccc21)[C@H](C)c1cc(F)cc(F)c1. The molecule has 0 bridgehead atoms. The van der Waals surface area contributed by atoms with Crippen molar-refractivity contribution in [2.75, 3.05) is 11.9 Å². The van der Waals surface area contributed by atoms with Gasteiger partial charge >= 0.3 is 0 Å². The largest absolute Gasteiger partial charge is 0.327 e. The number of aryl methyl sites for hydroxylation is 1. The van der Waals surface area contributed by atoms with E-state index in [-0.39, 0.29) is 18.4 Å². The van der Waals surface area contributed by atoms with Gasteiger partial charge in [-0.15, -0.1) is 11.3 Å². The molecule has 4 aromatic rings. The quantitative estimate of drug-likeness (QED) is 0.315. The molecule has 1 N–H and O–H groups in total. The van der Waals surface area contributed by atoms with Crippen molar-refractivity contribution >= 4 is 35.0 Å². The van der Waals surface area contributed by atoms with Gasteiger partial charge in [-0.05, 0) is 78.2 Å². The Kier molecular flexibility index (Phi) is 6.54. The molecule has 2 amide bonds. The Morgan fingerprint density at radius 1 is 1.18 bits per heavy atom. The first kappa shape index (κ1) is 26.0. The van der Waals surface area contributed by atoms with E-state index in [0.717, 1.165) is 34.0 Å². The van der Waals surface area contributed by atoms with Gasteiger partial charge in [-0.2, -0.15) is 0 Å². The Morgan fingerprint density at radius 3 is 2.73 bits per heavy atom. The van der Waals surface area contributed by atoms with Crippen molar-refractivity contribution in [1.82, 2.24) is 14.9 Å². The number of carbonyl (C=O) groups is 2. The van der Waals surface area contributed by atoms with Crippen molar-refractivity contribution in [3.63, 3.8) is 0 Å². The number of aromatic nitrogens is 2. The van der Waals surface area contributed by atoms with E-state index in [1.165, 1.54) is 23.5 Å². The molecule has 1 spiro atoms. The fourth-order valence-electron chi connectivity index (χ4n) is 5.66. The minimum absolute atomic E-state index is 0.0583. The van der Waals surface area contributed by atoms with Crippen molar-refractivity contribution < 1.29 is 18.4 Å². The fraction of sp³-hybridized carbons (Fsp3) is 0.226. The second-order valence-corrected chi connectivity index (χ2v) is 11.3. The van der Waals surface area contributed by atoms with Gasteiger partial charge in [0.2, 0.25) is 5.91 Å². The molecule has 1 aromatic carbocycles. The van der Waals surface area contributed by atoms with Gasteiger partial charge in [0.25, 0.3) is 5.91 Å². The van der Waals surface area contributed by atoms with Crippen molar-refractivity contribution in [2.45, 2.75) is 38.1 Å². The lowest BCUT2D eigenvalue weighted by Gasteiger charge is -2.28. The number of carbonyl (C=O) groups excluding carboxylic acids is 2. The first-order valence-electron chi connectivity index (χ1n) is 13.0. The highest BCUT2D eigenvalue weighted by molar-refractivity contribution is 7.12. The fourth-order valence-corrected chi connectivity index (χ4v) is 6.54. The number of halogens is 2. The van der Waals surface area contributed by atoms with Crippen LogP contribution in [0, 0.1) is 18.6 Å². The molecular weight excluding hydrogens is 530 g/mol. The smallest absolute Gasteiger partial charge is 0.264 e. The summed E-state index contributed by atoms with van der Waals surface area (Å²) in [6.45, 7) is 3.85. The molecule has 6 nitrogen and oxygen atoms in total. The van der Waals surface area contributed by atoms with Crippen molar-refractivity contribution in [2.24, 2.45) is 0 Å². The van der Waals surface area contributed by atoms with Gasteiger partial charge in [0.05, 0.1) is 16.3 Å². The molecule has 202 valence electrons. The average molecular weight is 557 g/mol. The minimum Gasteiger partial charge on any atom is -0.327 e. The number of fused-ring (bicyclic) bond motifs is 3. The summed E-state index contributed by atoms with van der Waals surface area (Å²) >= 11 is 1.34. The van der Waals surface area contributed by atoms with Gasteiger partial charge in [-0.1, -0.05) is 18.2 Å². The van der Waals surface area contributed by atoms with Crippen LogP contribution in [0.2, 0.25) is 0 Å². The van der Waals surface area contributed by atoms with Crippen LogP contribution in [0.15, 0.2) is 66.3 Å². The van der Waals surface area contributed by atoms with E-state index >= 15 is 0 Å². The normalized spacial score (nSPS) is 18.1. The molecule has 9 heteroatoms. The Labute approximate surface area is 234 Å². The Morgan fingerprint density at radius 2 is 1.98 bits per heavy atom. The predicted octanol–water partition coefficient (Wildman–Crippen LogP) is 6.03. The highest BCUT2D eigenvalue weighted by atomic mass is 32.1. The molecule has 6 rings (SSSR count). The highest BCUT2D eigenvalue weighted by Crippen LogP contribution is 2.46. The molecule has 0 unspecified atom stereocenters. The summed E-state index contributed by atoms with van der Waals surface area (Å²) in [5, 5.41) is 4.76. The summed E-state index contributed by atoms with van der Waals surface area (Å²) in [6.07, 6.45) is 8.20. The van der Waals surface area contributed by atoms with E-state index in [2.05, 4.69) is 15.3 Å².